The molecule has 1 aromatic rings. The maximum Gasteiger partial charge on any atom is 0.222 e. The van der Waals surface area contributed by atoms with E-state index in [4.69, 9.17) is 0 Å². The minimum atomic E-state index is -0.456. The van der Waals surface area contributed by atoms with Crippen molar-refractivity contribution in [1.82, 2.24) is 9.80 Å². The normalized spacial score (nSPS) is 27.5. The summed E-state index contributed by atoms with van der Waals surface area (Å²) in [5.74, 6) is -0.213. The fourth-order valence-corrected chi connectivity index (χ4v) is 4.10. The van der Waals surface area contributed by atoms with Gasteiger partial charge in [0.1, 0.15) is 5.82 Å². The second-order valence-corrected chi connectivity index (χ2v) is 7.08. The number of benzene rings is 1. The maximum atomic E-state index is 12.9. The van der Waals surface area contributed by atoms with Crippen LogP contribution < -0.4 is 0 Å². The van der Waals surface area contributed by atoms with Gasteiger partial charge < -0.3 is 10.0 Å². The molecule has 2 fully saturated rings. The number of halogens is 1. The molecule has 0 aromatic heterocycles. The van der Waals surface area contributed by atoms with E-state index in [1.807, 2.05) is 0 Å². The van der Waals surface area contributed by atoms with Gasteiger partial charge in [-0.05, 0) is 62.9 Å². The Morgan fingerprint density at radius 3 is 2.58 bits per heavy atom. The quantitative estimate of drug-likeness (QED) is 0.898. The Morgan fingerprint density at radius 1 is 1.25 bits per heavy atom. The Bertz CT molecular complexity index is 557. The molecule has 1 aliphatic carbocycles. The predicted octanol–water partition coefficient (Wildman–Crippen LogP) is 2.20. The van der Waals surface area contributed by atoms with E-state index in [1.54, 1.807) is 24.1 Å². The van der Waals surface area contributed by atoms with Gasteiger partial charge in [-0.2, -0.15) is 0 Å². The topological polar surface area (TPSA) is 43.8 Å². The first-order chi connectivity index (χ1) is 11.6. The van der Waals surface area contributed by atoms with Crippen LogP contribution in [0.3, 0.4) is 0 Å². The summed E-state index contributed by atoms with van der Waals surface area (Å²) in [5.41, 5.74) is 0.958. The van der Waals surface area contributed by atoms with Crippen LogP contribution >= 0.6 is 0 Å². The lowest BCUT2D eigenvalue weighted by molar-refractivity contribution is -0.134. The molecular weight excluding hydrogens is 307 g/mol. The summed E-state index contributed by atoms with van der Waals surface area (Å²) in [6.45, 7) is 2.13. The average molecular weight is 334 g/mol. The highest BCUT2D eigenvalue weighted by atomic mass is 19.1. The number of carbonyl (C=O) groups is 1. The Balaban J connectivity index is 1.52. The molecule has 1 heterocycles. The van der Waals surface area contributed by atoms with Crippen LogP contribution in [0.25, 0.3) is 0 Å². The minimum Gasteiger partial charge on any atom is -0.389 e. The number of rotatable bonds is 5. The zero-order valence-corrected chi connectivity index (χ0v) is 14.3. The van der Waals surface area contributed by atoms with Gasteiger partial charge in [-0.1, -0.05) is 12.1 Å². The molecule has 132 valence electrons. The summed E-state index contributed by atoms with van der Waals surface area (Å²) in [7, 11) is 1.80. The number of aliphatic hydroxyl groups is 1. The van der Waals surface area contributed by atoms with Gasteiger partial charge in [-0.3, -0.25) is 9.69 Å². The first kappa shape index (κ1) is 17.4. The Labute approximate surface area is 143 Å². The molecule has 0 bridgehead atoms. The van der Waals surface area contributed by atoms with Crippen LogP contribution in [0.15, 0.2) is 24.3 Å². The Hall–Kier alpha value is -1.46. The third-order valence-electron chi connectivity index (χ3n) is 5.59. The van der Waals surface area contributed by atoms with Crippen molar-refractivity contribution in [2.24, 2.45) is 0 Å². The fourth-order valence-electron chi connectivity index (χ4n) is 4.10. The van der Waals surface area contributed by atoms with Gasteiger partial charge in [0.05, 0.1) is 12.1 Å². The molecule has 0 radical (unpaired) electrons. The van der Waals surface area contributed by atoms with Crippen molar-refractivity contribution >= 4 is 5.91 Å². The number of hydrogen-bond donors (Lipinski definition) is 1. The predicted molar refractivity (Wildman–Crippen MR) is 91.1 cm³/mol. The third kappa shape index (κ3) is 3.78. The van der Waals surface area contributed by atoms with Gasteiger partial charge >= 0.3 is 0 Å². The van der Waals surface area contributed by atoms with E-state index in [9.17, 15) is 14.3 Å². The second kappa shape index (κ2) is 7.62. The molecule has 1 saturated heterocycles. The van der Waals surface area contributed by atoms with Crippen LogP contribution in [-0.2, 0) is 11.2 Å². The lowest BCUT2D eigenvalue weighted by Crippen LogP contribution is -2.48. The SMILES string of the molecule is CN(C(=O)CCc1ccc(F)cc1)[C@@H]1CC[C@@H](N2CCCC2)[C@@H]1O. The van der Waals surface area contributed by atoms with Crippen molar-refractivity contribution in [3.63, 3.8) is 0 Å². The van der Waals surface area contributed by atoms with E-state index in [0.29, 0.717) is 12.8 Å². The zero-order valence-electron chi connectivity index (χ0n) is 14.3. The van der Waals surface area contributed by atoms with Gasteiger partial charge in [0, 0.05) is 19.5 Å². The first-order valence-corrected chi connectivity index (χ1v) is 8.98. The van der Waals surface area contributed by atoms with Gasteiger partial charge in [-0.25, -0.2) is 4.39 Å². The van der Waals surface area contributed by atoms with Crippen LogP contribution in [0.1, 0.15) is 37.7 Å². The van der Waals surface area contributed by atoms with E-state index in [0.717, 1.165) is 31.5 Å². The number of aliphatic hydroxyl groups excluding tert-OH is 1. The third-order valence-corrected chi connectivity index (χ3v) is 5.59. The van der Waals surface area contributed by atoms with Gasteiger partial charge in [0.25, 0.3) is 0 Å². The van der Waals surface area contributed by atoms with E-state index < -0.39 is 6.10 Å². The van der Waals surface area contributed by atoms with Gasteiger partial charge in [0.2, 0.25) is 5.91 Å². The highest BCUT2D eigenvalue weighted by Crippen LogP contribution is 2.30. The standard InChI is InChI=1S/C19H27FN2O2/c1-21(18(23)11-6-14-4-7-15(20)8-5-14)16-9-10-17(19(16)24)22-12-2-3-13-22/h4-5,7-8,16-17,19,24H,2-3,6,9-13H2,1H3/t16-,17-,19-/m1/s1. The summed E-state index contributed by atoms with van der Waals surface area (Å²) < 4.78 is 12.9. The first-order valence-electron chi connectivity index (χ1n) is 8.98. The molecule has 1 N–H and O–H groups in total. The van der Waals surface area contributed by atoms with Gasteiger partial charge in [0.15, 0.2) is 0 Å². The fraction of sp³-hybridized carbons (Fsp3) is 0.632. The number of aryl methyl sites for hydroxylation is 1. The van der Waals surface area contributed by atoms with Crippen molar-refractivity contribution in [2.45, 2.75) is 56.7 Å². The summed E-state index contributed by atoms with van der Waals surface area (Å²) >= 11 is 0. The van der Waals surface area contributed by atoms with Crippen molar-refractivity contribution in [3.05, 3.63) is 35.6 Å². The molecule has 0 unspecified atom stereocenters. The largest absolute Gasteiger partial charge is 0.389 e. The number of amides is 1. The van der Waals surface area contributed by atoms with Crippen LogP contribution in [0, 0.1) is 5.82 Å². The number of likely N-dealkylation sites (tertiary alicyclic amines) is 1. The summed E-state index contributed by atoms with van der Waals surface area (Å²) in [4.78, 5) is 16.6. The molecule has 1 amide bonds. The molecule has 4 nitrogen and oxygen atoms in total. The maximum absolute atomic E-state index is 12.9. The number of carbonyl (C=O) groups excluding carboxylic acids is 1. The van der Waals surface area contributed by atoms with Crippen molar-refractivity contribution in [2.75, 3.05) is 20.1 Å². The molecule has 1 saturated carbocycles. The van der Waals surface area contributed by atoms with Crippen molar-refractivity contribution in [1.29, 1.82) is 0 Å². The smallest absolute Gasteiger partial charge is 0.222 e. The molecular formula is C19H27FN2O2. The van der Waals surface area contributed by atoms with E-state index >= 15 is 0 Å². The highest BCUT2D eigenvalue weighted by Gasteiger charge is 2.41. The molecule has 1 aromatic carbocycles. The van der Waals surface area contributed by atoms with E-state index in [2.05, 4.69) is 4.90 Å². The van der Waals surface area contributed by atoms with Crippen molar-refractivity contribution in [3.8, 4) is 0 Å². The van der Waals surface area contributed by atoms with Crippen LogP contribution in [0.4, 0.5) is 4.39 Å². The lowest BCUT2D eigenvalue weighted by Gasteiger charge is -2.32. The summed E-state index contributed by atoms with van der Waals surface area (Å²) in [5, 5.41) is 10.7. The average Bonchev–Trinajstić information content (AvgIpc) is 3.22. The zero-order chi connectivity index (χ0) is 17.1. The van der Waals surface area contributed by atoms with Crippen LogP contribution in [0.2, 0.25) is 0 Å². The molecule has 24 heavy (non-hydrogen) atoms. The Kier molecular flexibility index (Phi) is 5.51. The van der Waals surface area contributed by atoms with E-state index in [1.165, 1.54) is 25.0 Å². The van der Waals surface area contributed by atoms with Gasteiger partial charge in [-0.15, -0.1) is 0 Å². The monoisotopic (exact) mass is 334 g/mol. The molecule has 0 spiro atoms. The van der Waals surface area contributed by atoms with Crippen LogP contribution in [-0.4, -0.2) is 59.1 Å². The molecule has 3 rings (SSSR count). The van der Waals surface area contributed by atoms with Crippen molar-refractivity contribution < 1.29 is 14.3 Å². The molecule has 1 aliphatic heterocycles. The lowest BCUT2D eigenvalue weighted by atomic mass is 10.1. The number of nitrogens with zero attached hydrogens (tertiary/aromatic N) is 2. The highest BCUT2D eigenvalue weighted by molar-refractivity contribution is 5.76. The Morgan fingerprint density at radius 2 is 1.92 bits per heavy atom. The summed E-state index contributed by atoms with van der Waals surface area (Å²) in [6.07, 6.45) is 4.77. The minimum absolute atomic E-state index is 0.0467. The number of likely N-dealkylation sites (N-methyl/N-ethyl adjacent to an activating group) is 1. The van der Waals surface area contributed by atoms with Crippen LogP contribution in [0.5, 0.6) is 0 Å². The molecule has 5 heteroatoms. The molecule has 2 aliphatic rings. The number of hydrogen-bond acceptors (Lipinski definition) is 3. The second-order valence-electron chi connectivity index (χ2n) is 7.08. The van der Waals surface area contributed by atoms with E-state index in [-0.39, 0.29) is 23.8 Å². The molecule has 3 atom stereocenters. The summed E-state index contributed by atoms with van der Waals surface area (Å²) in [6, 6.07) is 6.39.